The van der Waals surface area contributed by atoms with E-state index in [2.05, 4.69) is 21.2 Å². The van der Waals surface area contributed by atoms with Crippen molar-refractivity contribution in [3.8, 4) is 5.75 Å². The molecule has 0 unspecified atom stereocenters. The number of halogens is 1. The molecule has 3 aromatic carbocycles. The fourth-order valence-corrected chi connectivity index (χ4v) is 5.10. The fourth-order valence-electron chi connectivity index (χ4n) is 3.48. The van der Waals surface area contributed by atoms with Gasteiger partial charge in [0.25, 0.3) is 5.91 Å². The molecule has 1 atom stereocenters. The quantitative estimate of drug-likeness (QED) is 0.462. The van der Waals surface area contributed by atoms with Crippen LogP contribution in [0.4, 0.5) is 11.4 Å². The molecule has 158 valence electrons. The summed E-state index contributed by atoms with van der Waals surface area (Å²) in [6.45, 7) is 2.44. The van der Waals surface area contributed by atoms with Gasteiger partial charge in [0.15, 0.2) is 0 Å². The minimum Gasteiger partial charge on any atom is -0.492 e. The van der Waals surface area contributed by atoms with E-state index in [4.69, 9.17) is 4.74 Å². The van der Waals surface area contributed by atoms with Crippen LogP contribution < -0.4 is 15.0 Å². The number of hydrogen-bond donors (Lipinski definition) is 1. The van der Waals surface area contributed by atoms with Crippen LogP contribution in [-0.2, 0) is 4.79 Å². The number of rotatable bonds is 6. The van der Waals surface area contributed by atoms with Gasteiger partial charge in [0.2, 0.25) is 5.91 Å². The number of nitrogens with one attached hydrogen (secondary N) is 1. The molecule has 31 heavy (non-hydrogen) atoms. The topological polar surface area (TPSA) is 58.6 Å². The first-order chi connectivity index (χ1) is 15.1. The third-order valence-electron chi connectivity index (χ3n) is 4.84. The molecule has 4 rings (SSSR count). The lowest BCUT2D eigenvalue weighted by molar-refractivity contribution is -0.115. The van der Waals surface area contributed by atoms with Gasteiger partial charge in [-0.05, 0) is 64.8 Å². The number of benzene rings is 3. The molecular formula is C24H21BrN2O3S. The molecule has 1 saturated heterocycles. The number of carbonyl (C=O) groups excluding carboxylic acids is 2. The third kappa shape index (κ3) is 4.62. The number of hydrogen-bond acceptors (Lipinski definition) is 4. The van der Waals surface area contributed by atoms with E-state index in [0.29, 0.717) is 29.4 Å². The smallest absolute Gasteiger partial charge is 0.256 e. The van der Waals surface area contributed by atoms with E-state index < -0.39 is 0 Å². The van der Waals surface area contributed by atoms with E-state index >= 15 is 0 Å². The van der Waals surface area contributed by atoms with Crippen LogP contribution in [0.3, 0.4) is 0 Å². The van der Waals surface area contributed by atoms with Crippen LogP contribution in [0, 0.1) is 0 Å². The molecular weight excluding hydrogens is 476 g/mol. The summed E-state index contributed by atoms with van der Waals surface area (Å²) in [4.78, 5) is 27.3. The Hall–Kier alpha value is -2.77. The summed E-state index contributed by atoms with van der Waals surface area (Å²) in [5.74, 6) is 0.908. The molecule has 0 aliphatic carbocycles. The average molecular weight is 497 g/mol. The van der Waals surface area contributed by atoms with Gasteiger partial charge in [-0.1, -0.05) is 36.4 Å². The number of thioether (sulfide) groups is 1. The molecule has 3 aromatic rings. The molecule has 1 aliphatic rings. The largest absolute Gasteiger partial charge is 0.492 e. The maximum atomic E-state index is 12.8. The molecule has 2 amide bonds. The molecule has 0 spiro atoms. The molecule has 7 heteroatoms. The standard InChI is InChI=1S/C24H21BrN2O3S/c1-2-30-21-13-6-5-12-20(21)27-22(28)15-31-24(27)16-8-7-9-17(14-16)26-23(29)18-10-3-4-11-19(18)25/h3-14,24H,2,15H2,1H3,(H,26,29)/t24-/m0/s1. The third-order valence-corrected chi connectivity index (χ3v) is 6.74. The molecule has 1 heterocycles. The summed E-state index contributed by atoms with van der Waals surface area (Å²) < 4.78 is 6.49. The van der Waals surface area contributed by atoms with Crippen molar-refractivity contribution in [2.45, 2.75) is 12.3 Å². The lowest BCUT2D eigenvalue weighted by Crippen LogP contribution is -2.28. The van der Waals surface area contributed by atoms with Crippen molar-refractivity contribution < 1.29 is 14.3 Å². The molecule has 5 nitrogen and oxygen atoms in total. The molecule has 0 bridgehead atoms. The van der Waals surface area contributed by atoms with Crippen molar-refractivity contribution >= 4 is 50.9 Å². The zero-order valence-corrected chi connectivity index (χ0v) is 19.3. The second-order valence-corrected chi connectivity index (χ2v) is 8.81. The van der Waals surface area contributed by atoms with E-state index in [1.54, 1.807) is 22.7 Å². The maximum absolute atomic E-state index is 12.8. The second kappa shape index (κ2) is 9.58. The zero-order chi connectivity index (χ0) is 21.8. The van der Waals surface area contributed by atoms with Gasteiger partial charge >= 0.3 is 0 Å². The fraction of sp³-hybridized carbons (Fsp3) is 0.167. The van der Waals surface area contributed by atoms with E-state index in [-0.39, 0.29) is 17.2 Å². The number of amides is 2. The minimum atomic E-state index is -0.200. The maximum Gasteiger partial charge on any atom is 0.256 e. The predicted molar refractivity (Wildman–Crippen MR) is 129 cm³/mol. The summed E-state index contributed by atoms with van der Waals surface area (Å²) in [6.07, 6.45) is 0. The number of nitrogens with zero attached hydrogens (tertiary/aromatic N) is 1. The summed E-state index contributed by atoms with van der Waals surface area (Å²) in [6, 6.07) is 22.5. The van der Waals surface area contributed by atoms with Crippen LogP contribution in [0.15, 0.2) is 77.3 Å². The molecule has 0 radical (unpaired) electrons. The predicted octanol–water partition coefficient (Wildman–Crippen LogP) is 5.88. The van der Waals surface area contributed by atoms with Crippen molar-refractivity contribution in [1.29, 1.82) is 0 Å². The van der Waals surface area contributed by atoms with Crippen LogP contribution in [0.5, 0.6) is 5.75 Å². The summed E-state index contributed by atoms with van der Waals surface area (Å²) in [5, 5.41) is 2.75. The summed E-state index contributed by atoms with van der Waals surface area (Å²) in [7, 11) is 0. The van der Waals surface area contributed by atoms with Crippen molar-refractivity contribution in [3.05, 3.63) is 88.4 Å². The average Bonchev–Trinajstić information content (AvgIpc) is 3.16. The van der Waals surface area contributed by atoms with Gasteiger partial charge in [-0.15, -0.1) is 11.8 Å². The summed E-state index contributed by atoms with van der Waals surface area (Å²) in [5.41, 5.74) is 2.93. The zero-order valence-electron chi connectivity index (χ0n) is 16.9. The molecule has 0 aromatic heterocycles. The highest BCUT2D eigenvalue weighted by Gasteiger charge is 2.35. The van der Waals surface area contributed by atoms with E-state index in [1.807, 2.05) is 73.7 Å². The van der Waals surface area contributed by atoms with Crippen molar-refractivity contribution in [2.75, 3.05) is 22.6 Å². The Morgan fingerprint density at radius 3 is 2.71 bits per heavy atom. The number of para-hydroxylation sites is 2. The van der Waals surface area contributed by atoms with Gasteiger partial charge in [0.05, 0.1) is 23.6 Å². The van der Waals surface area contributed by atoms with Gasteiger partial charge in [0, 0.05) is 10.2 Å². The van der Waals surface area contributed by atoms with E-state index in [1.165, 1.54) is 0 Å². The van der Waals surface area contributed by atoms with Gasteiger partial charge in [0.1, 0.15) is 11.1 Å². The summed E-state index contributed by atoms with van der Waals surface area (Å²) >= 11 is 4.98. The highest BCUT2D eigenvalue weighted by atomic mass is 79.9. The van der Waals surface area contributed by atoms with E-state index in [9.17, 15) is 9.59 Å². The highest BCUT2D eigenvalue weighted by Crippen LogP contribution is 2.45. The second-order valence-electron chi connectivity index (χ2n) is 6.89. The number of ether oxygens (including phenoxy) is 1. The first-order valence-corrected chi connectivity index (χ1v) is 11.7. The van der Waals surface area contributed by atoms with Crippen LogP contribution in [0.2, 0.25) is 0 Å². The minimum absolute atomic E-state index is 0.0322. The Morgan fingerprint density at radius 2 is 1.90 bits per heavy atom. The molecule has 1 aliphatic heterocycles. The highest BCUT2D eigenvalue weighted by molar-refractivity contribution is 9.10. The lowest BCUT2D eigenvalue weighted by Gasteiger charge is -2.26. The Morgan fingerprint density at radius 1 is 1.13 bits per heavy atom. The van der Waals surface area contributed by atoms with Crippen molar-refractivity contribution in [1.82, 2.24) is 0 Å². The molecule has 1 fully saturated rings. The van der Waals surface area contributed by atoms with Crippen molar-refractivity contribution in [3.63, 3.8) is 0 Å². The number of carbonyl (C=O) groups is 2. The van der Waals surface area contributed by atoms with Gasteiger partial charge < -0.3 is 10.1 Å². The molecule has 0 saturated carbocycles. The van der Waals surface area contributed by atoms with Gasteiger partial charge in [-0.3, -0.25) is 14.5 Å². The SMILES string of the molecule is CCOc1ccccc1N1C(=O)CS[C@H]1c1cccc(NC(=O)c2ccccc2Br)c1. The monoisotopic (exact) mass is 496 g/mol. The molecule has 1 N–H and O–H groups in total. The normalized spacial score (nSPS) is 15.7. The number of anilines is 2. The van der Waals surface area contributed by atoms with Gasteiger partial charge in [-0.25, -0.2) is 0 Å². The Balaban J connectivity index is 1.62. The Kier molecular flexibility index (Phi) is 6.63. The Bertz CT molecular complexity index is 1120. The Labute approximate surface area is 193 Å². The van der Waals surface area contributed by atoms with Crippen LogP contribution in [0.1, 0.15) is 28.2 Å². The lowest BCUT2D eigenvalue weighted by atomic mass is 10.1. The first-order valence-electron chi connectivity index (χ1n) is 9.90. The van der Waals surface area contributed by atoms with Gasteiger partial charge in [-0.2, -0.15) is 0 Å². The van der Waals surface area contributed by atoms with Crippen LogP contribution in [-0.4, -0.2) is 24.2 Å². The van der Waals surface area contributed by atoms with Crippen LogP contribution in [0.25, 0.3) is 0 Å². The first kappa shape index (κ1) is 21.5. The van der Waals surface area contributed by atoms with Crippen LogP contribution >= 0.6 is 27.7 Å². The van der Waals surface area contributed by atoms with E-state index in [0.717, 1.165) is 15.7 Å². The van der Waals surface area contributed by atoms with Crippen molar-refractivity contribution in [2.24, 2.45) is 0 Å².